The molecule has 100 valence electrons. The molecule has 0 aliphatic carbocycles. The van der Waals surface area contributed by atoms with E-state index in [4.69, 9.17) is 14.2 Å². The van der Waals surface area contributed by atoms with Crippen molar-refractivity contribution >= 4 is 23.5 Å². The van der Waals surface area contributed by atoms with Crippen LogP contribution in [0.4, 0.5) is 0 Å². The summed E-state index contributed by atoms with van der Waals surface area (Å²) in [6.45, 7) is 4.41. The smallest absolute Gasteiger partial charge is 0.189 e. The Bertz CT molecular complexity index is 611. The molecule has 0 N–H and O–H groups in total. The van der Waals surface area contributed by atoms with Gasteiger partial charge in [-0.3, -0.25) is 4.98 Å². The Hall–Kier alpha value is -1.30. The van der Waals surface area contributed by atoms with Crippen molar-refractivity contribution in [2.45, 2.75) is 31.3 Å². The Morgan fingerprint density at radius 1 is 1.37 bits per heavy atom. The average molecular weight is 277 g/mol. The monoisotopic (exact) mass is 277 g/mol. The number of hydrogen-bond acceptors (Lipinski definition) is 5. The fourth-order valence-electron chi connectivity index (χ4n) is 2.13. The molecule has 0 bridgehead atoms. The van der Waals surface area contributed by atoms with Crippen LogP contribution in [0.15, 0.2) is 29.3 Å². The number of benzene rings is 1. The summed E-state index contributed by atoms with van der Waals surface area (Å²) in [6, 6.07) is 5.89. The molecule has 0 saturated carbocycles. The summed E-state index contributed by atoms with van der Waals surface area (Å²) in [7, 11) is 0. The number of hydrogen-bond donors (Lipinski definition) is 1. The quantitative estimate of drug-likeness (QED) is 0.874. The molecule has 0 amide bonds. The molecule has 0 spiro atoms. The standard InChI is InChI=1S/C14H15NO3S/c1-3-16-13-10-6-9(14-17-8(2)18-14)4-5-11(10)15-7-12(13)19/h4-8,14,19H,3H2,1-2H3. The third kappa shape index (κ3) is 2.29. The normalized spacial score (nSPS) is 22.3. The van der Waals surface area contributed by atoms with Crippen LogP contribution in [0.25, 0.3) is 10.9 Å². The Balaban J connectivity index is 2.06. The van der Waals surface area contributed by atoms with Crippen molar-refractivity contribution in [1.82, 2.24) is 4.98 Å². The highest BCUT2D eigenvalue weighted by atomic mass is 32.1. The van der Waals surface area contributed by atoms with Crippen molar-refractivity contribution in [3.05, 3.63) is 30.0 Å². The van der Waals surface area contributed by atoms with Gasteiger partial charge >= 0.3 is 0 Å². The van der Waals surface area contributed by atoms with Crippen LogP contribution in [-0.2, 0) is 9.47 Å². The van der Waals surface area contributed by atoms with Crippen LogP contribution in [0.5, 0.6) is 5.75 Å². The lowest BCUT2D eigenvalue weighted by Gasteiger charge is -2.34. The molecule has 4 nitrogen and oxygen atoms in total. The first-order chi connectivity index (χ1) is 9.19. The number of thiol groups is 1. The molecule has 1 aliphatic heterocycles. The van der Waals surface area contributed by atoms with Gasteiger partial charge in [-0.05, 0) is 26.0 Å². The van der Waals surface area contributed by atoms with Crippen molar-refractivity contribution in [2.24, 2.45) is 0 Å². The van der Waals surface area contributed by atoms with E-state index in [0.717, 1.165) is 27.1 Å². The first-order valence-electron chi connectivity index (χ1n) is 6.24. The van der Waals surface area contributed by atoms with Gasteiger partial charge in [0.25, 0.3) is 0 Å². The largest absolute Gasteiger partial charge is 0.492 e. The average Bonchev–Trinajstić information content (AvgIpc) is 2.38. The summed E-state index contributed by atoms with van der Waals surface area (Å²) in [6.07, 6.45) is 1.27. The molecule has 0 unspecified atom stereocenters. The lowest BCUT2D eigenvalue weighted by atomic mass is 10.1. The number of rotatable bonds is 3. The van der Waals surface area contributed by atoms with Crippen LogP contribution in [0.3, 0.4) is 0 Å². The van der Waals surface area contributed by atoms with E-state index in [1.807, 2.05) is 32.0 Å². The van der Waals surface area contributed by atoms with Crippen LogP contribution in [-0.4, -0.2) is 17.9 Å². The highest BCUT2D eigenvalue weighted by molar-refractivity contribution is 7.80. The van der Waals surface area contributed by atoms with Crippen LogP contribution in [0.2, 0.25) is 0 Å². The summed E-state index contributed by atoms with van der Waals surface area (Å²) in [5, 5.41) is 0.929. The minimum Gasteiger partial charge on any atom is -0.492 e. The molecule has 19 heavy (non-hydrogen) atoms. The highest BCUT2D eigenvalue weighted by Gasteiger charge is 2.28. The Kier molecular flexibility index (Phi) is 3.35. The highest BCUT2D eigenvalue weighted by Crippen LogP contribution is 2.36. The third-order valence-electron chi connectivity index (χ3n) is 3.02. The van der Waals surface area contributed by atoms with E-state index in [1.165, 1.54) is 0 Å². The number of fused-ring (bicyclic) bond motifs is 1. The van der Waals surface area contributed by atoms with Crippen molar-refractivity contribution in [1.29, 1.82) is 0 Å². The molecule has 0 atom stereocenters. The van der Waals surface area contributed by atoms with Gasteiger partial charge in [-0.1, -0.05) is 6.07 Å². The first kappa shape index (κ1) is 12.7. The second-order valence-corrected chi connectivity index (χ2v) is 4.84. The molecule has 2 aromatic rings. The maximum atomic E-state index is 5.66. The summed E-state index contributed by atoms with van der Waals surface area (Å²) in [5.74, 6) is 0.755. The Morgan fingerprint density at radius 3 is 2.84 bits per heavy atom. The van der Waals surface area contributed by atoms with Crippen molar-refractivity contribution < 1.29 is 14.2 Å². The topological polar surface area (TPSA) is 40.6 Å². The second-order valence-electron chi connectivity index (χ2n) is 4.35. The number of ether oxygens (including phenoxy) is 3. The molecule has 2 heterocycles. The van der Waals surface area contributed by atoms with Crippen LogP contribution < -0.4 is 4.74 Å². The molecule has 5 heteroatoms. The zero-order valence-electron chi connectivity index (χ0n) is 10.8. The van der Waals surface area contributed by atoms with E-state index in [1.54, 1.807) is 6.20 Å². The Labute approximate surface area is 117 Å². The summed E-state index contributed by atoms with van der Waals surface area (Å²) in [4.78, 5) is 5.08. The predicted octanol–water partition coefficient (Wildman–Crippen LogP) is 3.31. The van der Waals surface area contributed by atoms with Gasteiger partial charge in [-0.25, -0.2) is 0 Å². The molecular weight excluding hydrogens is 262 g/mol. The number of pyridine rings is 1. The van der Waals surface area contributed by atoms with Gasteiger partial charge in [0.1, 0.15) is 5.75 Å². The van der Waals surface area contributed by atoms with Gasteiger partial charge in [0.2, 0.25) is 0 Å². The maximum Gasteiger partial charge on any atom is 0.189 e. The Morgan fingerprint density at radius 2 is 2.16 bits per heavy atom. The molecule has 1 fully saturated rings. The van der Waals surface area contributed by atoms with E-state index in [-0.39, 0.29) is 12.6 Å². The molecule has 3 rings (SSSR count). The second kappa shape index (κ2) is 5.00. The maximum absolute atomic E-state index is 5.66. The lowest BCUT2D eigenvalue weighted by Crippen LogP contribution is -2.31. The molecular formula is C14H15NO3S. The first-order valence-corrected chi connectivity index (χ1v) is 6.69. The lowest BCUT2D eigenvalue weighted by molar-refractivity contribution is -0.382. The zero-order valence-corrected chi connectivity index (χ0v) is 11.7. The van der Waals surface area contributed by atoms with E-state index >= 15 is 0 Å². The fourth-order valence-corrected chi connectivity index (χ4v) is 2.38. The van der Waals surface area contributed by atoms with Crippen LogP contribution in [0.1, 0.15) is 25.7 Å². The molecule has 1 saturated heterocycles. The summed E-state index contributed by atoms with van der Waals surface area (Å²) >= 11 is 4.39. The molecule has 1 aromatic heterocycles. The summed E-state index contributed by atoms with van der Waals surface area (Å²) < 4.78 is 16.7. The van der Waals surface area contributed by atoms with Crippen molar-refractivity contribution in [3.63, 3.8) is 0 Å². The van der Waals surface area contributed by atoms with Gasteiger partial charge in [0.05, 0.1) is 17.0 Å². The van der Waals surface area contributed by atoms with Gasteiger partial charge in [-0.2, -0.15) is 0 Å². The SMILES string of the molecule is CCOc1c(S)cnc2ccc(C3OC(C)O3)cc12. The predicted molar refractivity (Wildman–Crippen MR) is 74.5 cm³/mol. The zero-order chi connectivity index (χ0) is 13.4. The fraction of sp³-hybridized carbons (Fsp3) is 0.357. The minimum absolute atomic E-state index is 0.138. The van der Waals surface area contributed by atoms with Gasteiger partial charge in [0.15, 0.2) is 12.6 Å². The van der Waals surface area contributed by atoms with Gasteiger partial charge in [-0.15, -0.1) is 12.6 Å². The number of nitrogens with zero attached hydrogens (tertiary/aromatic N) is 1. The van der Waals surface area contributed by atoms with Crippen LogP contribution in [0, 0.1) is 0 Å². The van der Waals surface area contributed by atoms with E-state index in [0.29, 0.717) is 6.61 Å². The van der Waals surface area contributed by atoms with Gasteiger partial charge in [0, 0.05) is 17.1 Å². The third-order valence-corrected chi connectivity index (χ3v) is 3.33. The molecule has 0 radical (unpaired) electrons. The number of aromatic nitrogens is 1. The molecule has 1 aromatic carbocycles. The van der Waals surface area contributed by atoms with Gasteiger partial charge < -0.3 is 14.2 Å². The van der Waals surface area contributed by atoms with Crippen LogP contribution >= 0.6 is 12.6 Å². The van der Waals surface area contributed by atoms with E-state index in [2.05, 4.69) is 17.6 Å². The molecule has 1 aliphatic rings. The minimum atomic E-state index is -0.294. The van der Waals surface area contributed by atoms with E-state index in [9.17, 15) is 0 Å². The summed E-state index contributed by atoms with van der Waals surface area (Å²) in [5.41, 5.74) is 1.84. The van der Waals surface area contributed by atoms with Crippen molar-refractivity contribution in [2.75, 3.05) is 6.61 Å². The van der Waals surface area contributed by atoms with Crippen molar-refractivity contribution in [3.8, 4) is 5.75 Å². The van der Waals surface area contributed by atoms with E-state index < -0.39 is 0 Å².